The van der Waals surface area contributed by atoms with Gasteiger partial charge in [-0.3, -0.25) is 15.0 Å². The minimum Gasteiger partial charge on any atom is -0.446 e. The maximum atomic E-state index is 12.7. The van der Waals surface area contributed by atoms with E-state index in [0.717, 1.165) is 81.2 Å². The van der Waals surface area contributed by atoms with E-state index in [4.69, 9.17) is 9.47 Å². The molecule has 2 heterocycles. The number of para-hydroxylation sites is 1. The molecule has 0 bridgehead atoms. The zero-order valence-electron chi connectivity index (χ0n) is 23.6. The van der Waals surface area contributed by atoms with E-state index >= 15 is 0 Å². The lowest BCUT2D eigenvalue weighted by Crippen LogP contribution is -2.40. The third-order valence-electron chi connectivity index (χ3n) is 7.70. The fourth-order valence-corrected chi connectivity index (χ4v) is 5.41. The number of hydrogen-bond acceptors (Lipinski definition) is 6. The van der Waals surface area contributed by atoms with Crippen LogP contribution in [0.5, 0.6) is 0 Å². The number of hydrogen-bond donors (Lipinski definition) is 2. The number of nitrogens with one attached hydrogen (secondary N) is 2. The lowest BCUT2D eigenvalue weighted by atomic mass is 10.0. The first-order chi connectivity index (χ1) is 20.1. The summed E-state index contributed by atoms with van der Waals surface area (Å²) in [5.74, 6) is 0.0541. The number of anilines is 1. The van der Waals surface area contributed by atoms with E-state index in [1.807, 2.05) is 54.6 Å². The monoisotopic (exact) mass is 556 g/mol. The highest BCUT2D eigenvalue weighted by atomic mass is 16.6. The minimum atomic E-state index is -0.430. The number of rotatable bonds is 10. The molecule has 0 saturated carbocycles. The number of ether oxygens (including phenoxy) is 2. The molecule has 8 nitrogen and oxygen atoms in total. The van der Waals surface area contributed by atoms with E-state index < -0.39 is 6.09 Å². The van der Waals surface area contributed by atoms with Gasteiger partial charge in [0.2, 0.25) is 5.91 Å². The first-order valence-electron chi connectivity index (χ1n) is 14.6. The third kappa shape index (κ3) is 8.88. The molecule has 2 aliphatic heterocycles. The summed E-state index contributed by atoms with van der Waals surface area (Å²) in [6.07, 6.45) is 1.40. The van der Waals surface area contributed by atoms with Crippen LogP contribution in [-0.4, -0.2) is 73.8 Å². The fraction of sp³-hybridized carbons (Fsp3) is 0.394. The van der Waals surface area contributed by atoms with E-state index in [2.05, 4.69) is 44.7 Å². The van der Waals surface area contributed by atoms with Crippen molar-refractivity contribution in [3.05, 3.63) is 90.0 Å². The predicted octanol–water partition coefficient (Wildman–Crippen LogP) is 4.91. The Morgan fingerprint density at radius 2 is 1.56 bits per heavy atom. The highest BCUT2D eigenvalue weighted by molar-refractivity contribution is 5.91. The summed E-state index contributed by atoms with van der Waals surface area (Å²) in [5.41, 5.74) is 5.11. The Balaban J connectivity index is 0.993. The molecule has 2 N–H and O–H groups in total. The smallest absolute Gasteiger partial charge is 0.411 e. The summed E-state index contributed by atoms with van der Waals surface area (Å²) < 4.78 is 11.2. The number of piperidine rings is 1. The summed E-state index contributed by atoms with van der Waals surface area (Å²) in [7, 11) is 0. The zero-order valence-corrected chi connectivity index (χ0v) is 23.6. The zero-order chi connectivity index (χ0) is 28.3. The lowest BCUT2D eigenvalue weighted by molar-refractivity contribution is -0.121. The van der Waals surface area contributed by atoms with Crippen molar-refractivity contribution in [3.63, 3.8) is 0 Å². The number of morpholine rings is 1. The quantitative estimate of drug-likeness (QED) is 0.370. The highest BCUT2D eigenvalue weighted by Gasteiger charge is 2.23. The molecule has 8 heteroatoms. The summed E-state index contributed by atoms with van der Waals surface area (Å²) in [6, 6.07) is 26.2. The van der Waals surface area contributed by atoms with Gasteiger partial charge in [-0.15, -0.1) is 0 Å². The maximum Gasteiger partial charge on any atom is 0.411 e. The van der Waals surface area contributed by atoms with Gasteiger partial charge in [0.1, 0.15) is 6.10 Å². The molecule has 2 aliphatic rings. The summed E-state index contributed by atoms with van der Waals surface area (Å²) in [4.78, 5) is 29.9. The van der Waals surface area contributed by atoms with E-state index in [0.29, 0.717) is 19.5 Å². The van der Waals surface area contributed by atoms with Crippen molar-refractivity contribution < 1.29 is 19.1 Å². The molecule has 0 radical (unpaired) electrons. The van der Waals surface area contributed by atoms with Crippen molar-refractivity contribution in [2.24, 2.45) is 0 Å². The van der Waals surface area contributed by atoms with Crippen LogP contribution < -0.4 is 10.6 Å². The molecule has 0 aromatic heterocycles. The maximum absolute atomic E-state index is 12.7. The summed E-state index contributed by atoms with van der Waals surface area (Å²) >= 11 is 0. The lowest BCUT2D eigenvalue weighted by Gasteiger charge is -2.31. The summed E-state index contributed by atoms with van der Waals surface area (Å²) in [6.45, 7) is 7.25. The molecule has 2 saturated heterocycles. The number of carbonyl (C=O) groups is 2. The predicted molar refractivity (Wildman–Crippen MR) is 160 cm³/mol. The third-order valence-corrected chi connectivity index (χ3v) is 7.70. The first kappa shape index (κ1) is 28.8. The van der Waals surface area contributed by atoms with Gasteiger partial charge < -0.3 is 19.7 Å². The Labute approximate surface area is 242 Å². The average molecular weight is 557 g/mol. The van der Waals surface area contributed by atoms with Crippen LogP contribution in [0.25, 0.3) is 11.1 Å². The second-order valence-corrected chi connectivity index (χ2v) is 10.7. The van der Waals surface area contributed by atoms with Crippen LogP contribution in [0.15, 0.2) is 78.9 Å². The molecule has 0 unspecified atom stereocenters. The van der Waals surface area contributed by atoms with Gasteiger partial charge >= 0.3 is 6.09 Å². The molecule has 216 valence electrons. The van der Waals surface area contributed by atoms with Gasteiger partial charge in [0.05, 0.1) is 18.9 Å². The van der Waals surface area contributed by atoms with E-state index in [1.165, 1.54) is 5.56 Å². The Kier molecular flexibility index (Phi) is 10.4. The van der Waals surface area contributed by atoms with Gasteiger partial charge in [-0.25, -0.2) is 4.79 Å². The molecule has 5 rings (SSSR count). The fourth-order valence-electron chi connectivity index (χ4n) is 5.41. The number of amides is 2. The van der Waals surface area contributed by atoms with E-state index in [1.54, 1.807) is 0 Å². The van der Waals surface area contributed by atoms with Crippen LogP contribution in [0.2, 0.25) is 0 Å². The Bertz CT molecular complexity index is 1270. The van der Waals surface area contributed by atoms with Crippen LogP contribution in [0.1, 0.15) is 30.4 Å². The minimum absolute atomic E-state index is 0.0541. The van der Waals surface area contributed by atoms with Crippen LogP contribution in [0.3, 0.4) is 0 Å². The van der Waals surface area contributed by atoms with Crippen molar-refractivity contribution >= 4 is 17.7 Å². The Hall–Kier alpha value is -3.72. The van der Waals surface area contributed by atoms with Crippen LogP contribution >= 0.6 is 0 Å². The topological polar surface area (TPSA) is 83.1 Å². The number of carbonyl (C=O) groups excluding carboxylic acids is 2. The van der Waals surface area contributed by atoms with Gasteiger partial charge in [-0.05, 0) is 35.6 Å². The van der Waals surface area contributed by atoms with E-state index in [9.17, 15) is 9.59 Å². The van der Waals surface area contributed by atoms with Crippen LogP contribution in [0.4, 0.5) is 10.5 Å². The van der Waals surface area contributed by atoms with Crippen molar-refractivity contribution in [2.45, 2.75) is 38.5 Å². The van der Waals surface area contributed by atoms with Gasteiger partial charge in [-0.2, -0.15) is 0 Å². The van der Waals surface area contributed by atoms with Crippen LogP contribution in [-0.2, 0) is 27.4 Å². The first-order valence-corrected chi connectivity index (χ1v) is 14.6. The molecule has 2 amide bonds. The van der Waals surface area contributed by atoms with Crippen molar-refractivity contribution in [1.82, 2.24) is 15.1 Å². The Morgan fingerprint density at radius 1 is 0.829 bits per heavy atom. The highest BCUT2D eigenvalue weighted by Crippen LogP contribution is 2.28. The van der Waals surface area contributed by atoms with E-state index in [-0.39, 0.29) is 12.0 Å². The SMILES string of the molecule is O=C(CCN1CCC(OC(=O)Nc2ccccc2-c2ccccc2)CC1)NCc1cccc(CN2CCOCC2)c1. The van der Waals surface area contributed by atoms with Crippen molar-refractivity contribution in [3.8, 4) is 11.1 Å². The second kappa shape index (κ2) is 14.8. The van der Waals surface area contributed by atoms with Crippen molar-refractivity contribution in [2.75, 3.05) is 51.3 Å². The molecule has 3 aromatic rings. The molecule has 2 fully saturated rings. The number of nitrogens with zero attached hydrogens (tertiary/aromatic N) is 2. The standard InChI is InChI=1S/C33H40N4O4/c38-32(34-24-26-7-6-8-27(23-26)25-37-19-21-40-22-20-37)15-18-36-16-13-29(14-17-36)41-33(39)35-31-12-5-4-11-30(31)28-9-2-1-3-10-28/h1-12,23,29H,13-22,24-25H2,(H,34,38)(H,35,39). The Morgan fingerprint density at radius 3 is 2.37 bits per heavy atom. The molecule has 0 atom stereocenters. The van der Waals surface area contributed by atoms with Gasteiger partial charge in [0.25, 0.3) is 0 Å². The molecule has 3 aromatic carbocycles. The molecular weight excluding hydrogens is 516 g/mol. The second-order valence-electron chi connectivity index (χ2n) is 10.7. The molecule has 0 spiro atoms. The number of benzene rings is 3. The molecular formula is C33H40N4O4. The average Bonchev–Trinajstić information content (AvgIpc) is 3.01. The number of likely N-dealkylation sites (tertiary alicyclic amines) is 1. The van der Waals surface area contributed by atoms with Gasteiger partial charge in [0, 0.05) is 57.8 Å². The van der Waals surface area contributed by atoms with Crippen molar-refractivity contribution in [1.29, 1.82) is 0 Å². The van der Waals surface area contributed by atoms with Gasteiger partial charge in [-0.1, -0.05) is 72.8 Å². The summed E-state index contributed by atoms with van der Waals surface area (Å²) in [5, 5.41) is 5.99. The molecule has 41 heavy (non-hydrogen) atoms. The van der Waals surface area contributed by atoms with Gasteiger partial charge in [0.15, 0.2) is 0 Å². The molecule has 0 aliphatic carbocycles. The van der Waals surface area contributed by atoms with Crippen LogP contribution in [0, 0.1) is 0 Å². The largest absolute Gasteiger partial charge is 0.446 e. The normalized spacial score (nSPS) is 16.7.